The molecule has 0 aromatic heterocycles. The normalized spacial score (nSPS) is 20.6. The van der Waals surface area contributed by atoms with E-state index in [9.17, 15) is 95.9 Å². The fourth-order valence-corrected chi connectivity index (χ4v) is 15.2. The van der Waals surface area contributed by atoms with E-state index in [-0.39, 0.29) is 274 Å². The van der Waals surface area contributed by atoms with Gasteiger partial charge in [-0.05, 0) is 26.2 Å². The van der Waals surface area contributed by atoms with Gasteiger partial charge in [-0.3, -0.25) is 144 Å². The van der Waals surface area contributed by atoms with E-state index in [2.05, 4.69) is 0 Å². The monoisotopic (exact) mass is 2400 g/mol. The van der Waals surface area contributed by atoms with E-state index in [4.69, 9.17) is 0 Å². The van der Waals surface area contributed by atoms with E-state index in [1.807, 2.05) is 0 Å². The predicted molar refractivity (Wildman–Crippen MR) is 310 cm³/mol. The number of carbonyl (C=O) groups excluding carboxylic acids is 20. The Kier molecular flexibility index (Phi) is 48.1. The summed E-state index contributed by atoms with van der Waals surface area (Å²) in [6.07, 6.45) is 6.12. The first kappa shape index (κ1) is 93.0. The number of hydrogen-bond donors (Lipinski definition) is 0. The second-order valence-electron chi connectivity index (χ2n) is 19.9. The molecule has 0 aromatic rings. The summed E-state index contributed by atoms with van der Waals surface area (Å²) in [5, 5.41) is 1.53. The van der Waals surface area contributed by atoms with Crippen LogP contribution in [-0.4, -0.2) is 280 Å². The Hall–Kier alpha value is -3.07. The Morgan fingerprint density at radius 2 is 0.543 bits per heavy atom. The first-order valence-corrected chi connectivity index (χ1v) is 32.1. The Morgan fingerprint density at radius 1 is 0.330 bits per heavy atom. The van der Waals surface area contributed by atoms with Gasteiger partial charge in [0.15, 0.2) is 0 Å². The van der Waals surface area contributed by atoms with E-state index in [0.29, 0.717) is 5.08 Å². The number of rotatable bonds is 24. The molecular weight excluding hydrogens is 2340 g/mol. The fourth-order valence-electron chi connectivity index (χ4n) is 9.81. The standard InChI is InChI=1S/C33H40N6O12S2.C21H24N4O8S2.6W/c40-17-1-9-34(10-2-18-41)26(44)7-15-38-28(46)5-13-36-30(48)21-24(32(36)50)52-23-53-25-22-31(49)37(33(25)51)14-6-29(47)39(38)16-8-27(45)35(11-3-19-42)12-4-20-43;26-9-1-5-24-16(28)3-7-22-18(30)11-14(20(22)32)34-13-35-15-12-19(31)23(21(15)33)8-4-17(29)25(24)6-2-10-27;;;;;;/h24-25H,1-16,21-23H2;14-15H,1-8,11-13H2;;;;;;/q-4;-2;;;;;;. The maximum Gasteiger partial charge on any atom is 0.242 e. The van der Waals surface area contributed by atoms with Gasteiger partial charge in [-0.1, -0.05) is 0 Å². The van der Waals surface area contributed by atoms with E-state index < -0.39 is 142 Å². The number of imide groups is 4. The van der Waals surface area contributed by atoms with Crippen molar-refractivity contribution in [2.45, 2.75) is 124 Å². The summed E-state index contributed by atoms with van der Waals surface area (Å²) in [5.74, 6) is -7.95. The third kappa shape index (κ3) is 27.2. The van der Waals surface area contributed by atoms with Crippen molar-refractivity contribution < 1.29 is 222 Å². The van der Waals surface area contributed by atoms with Crippen LogP contribution in [0.2, 0.25) is 0 Å². The molecule has 40 heteroatoms. The molecule has 6 fully saturated rings. The van der Waals surface area contributed by atoms with E-state index in [1.165, 1.54) is 33.3 Å². The molecule has 6 heterocycles. The van der Waals surface area contributed by atoms with Crippen molar-refractivity contribution >= 4 is 167 Å². The second-order valence-corrected chi connectivity index (χ2v) is 25.4. The van der Waals surface area contributed by atoms with Crippen LogP contribution in [0.25, 0.3) is 0 Å². The number of carbonyl (C=O) groups is 14. The molecule has 4 unspecified atom stereocenters. The molecule has 0 N–H and O–H groups in total. The SMILES string of the molecule is O=[C-]CCN(CC[C-]=O)C(=O)CCN1C(=O)CCN2C(=O)CC(SCSC3CC(=O)N(CCC(=O)N1CCC(=O)N(CC[C-]=O)CC[C-]=O)C3=O)C2=O.O=[C-]CCN1C(=O)CCN2C(=O)CC(SCSC3CC(=O)N(CCC(=O)N1CC[C-]=O)C3=O)C2=O.[W].[W].[W].[W].[W].[W]. The van der Waals surface area contributed by atoms with Gasteiger partial charge < -0.3 is 38.6 Å². The van der Waals surface area contributed by atoms with Crippen LogP contribution in [-0.2, 0) is 222 Å². The molecule has 8 bridgehead atoms. The van der Waals surface area contributed by atoms with Crippen LogP contribution in [0, 0.1) is 0 Å². The van der Waals surface area contributed by atoms with Crippen LogP contribution >= 0.6 is 47.0 Å². The molecule has 0 aromatic carbocycles. The zero-order chi connectivity index (χ0) is 64.5. The number of thioether (sulfide) groups is 4. The topological polar surface area (TPSA) is 374 Å². The molecular formula is C54H64N10O20S4W6-6. The molecule has 6 rings (SSSR count). The third-order valence-electron chi connectivity index (χ3n) is 14.4. The Bertz CT molecular complexity index is 2560. The summed E-state index contributed by atoms with van der Waals surface area (Å²) in [6, 6.07) is 0. The van der Waals surface area contributed by atoms with Crippen molar-refractivity contribution in [3.8, 4) is 0 Å². The Labute approximate surface area is 645 Å². The average Bonchev–Trinajstić information content (AvgIpc) is 1.84. The third-order valence-corrected chi connectivity index (χ3v) is 19.6. The molecule has 6 saturated heterocycles. The summed E-state index contributed by atoms with van der Waals surface area (Å²) in [5.41, 5.74) is 0. The minimum atomic E-state index is -0.805. The molecule has 14 amide bonds. The molecule has 4 atom stereocenters. The van der Waals surface area contributed by atoms with E-state index in [0.717, 1.165) is 63.2 Å². The van der Waals surface area contributed by atoms with Crippen molar-refractivity contribution in [3.05, 3.63) is 0 Å². The maximum absolute atomic E-state index is 14.0. The molecule has 6 aliphatic rings. The zero-order valence-corrected chi connectivity index (χ0v) is 71.1. The summed E-state index contributed by atoms with van der Waals surface area (Å²) >= 11 is 4.71. The van der Waals surface area contributed by atoms with Gasteiger partial charge in [-0.2, -0.15) is 0 Å². The average molecular weight is 2400 g/mol. The van der Waals surface area contributed by atoms with Crippen LogP contribution in [0.4, 0.5) is 0 Å². The Morgan fingerprint density at radius 3 is 0.755 bits per heavy atom. The van der Waals surface area contributed by atoms with Gasteiger partial charge in [-0.15, -0.1) is 85.6 Å². The predicted octanol–water partition coefficient (Wildman–Crippen LogP) is -2.52. The van der Waals surface area contributed by atoms with Gasteiger partial charge >= 0.3 is 0 Å². The molecule has 0 aliphatic carbocycles. The number of nitrogens with zero attached hydrogens (tertiary/aromatic N) is 10. The Balaban J connectivity index is 0. The first-order chi connectivity index (χ1) is 42.2. The van der Waals surface area contributed by atoms with Gasteiger partial charge in [0, 0.05) is 240 Å². The summed E-state index contributed by atoms with van der Waals surface area (Å²) in [6.45, 7) is -2.76. The maximum atomic E-state index is 14.0. The van der Waals surface area contributed by atoms with Crippen molar-refractivity contribution in [3.63, 3.8) is 0 Å². The molecule has 0 saturated carbocycles. The van der Waals surface area contributed by atoms with Gasteiger partial charge in [-0.25, -0.2) is 0 Å². The van der Waals surface area contributed by atoms with Gasteiger partial charge in [0.2, 0.25) is 82.7 Å². The van der Waals surface area contributed by atoms with Crippen molar-refractivity contribution in [1.82, 2.24) is 49.4 Å². The molecule has 30 nitrogen and oxygen atoms in total. The van der Waals surface area contributed by atoms with Crippen molar-refractivity contribution in [2.24, 2.45) is 0 Å². The van der Waals surface area contributed by atoms with E-state index >= 15 is 0 Å². The van der Waals surface area contributed by atoms with Crippen molar-refractivity contribution in [2.75, 3.05) is 88.7 Å². The first-order valence-electron chi connectivity index (χ1n) is 27.9. The molecule has 516 valence electrons. The zero-order valence-electron chi connectivity index (χ0n) is 50.2. The van der Waals surface area contributed by atoms with Gasteiger partial charge in [0.25, 0.3) is 0 Å². The minimum absolute atomic E-state index is 0. The number of hydrogen-bond acceptors (Lipinski definition) is 24. The van der Waals surface area contributed by atoms with Crippen LogP contribution in [0.5, 0.6) is 0 Å². The number of amides is 14. The molecule has 0 radical (unpaired) electrons. The van der Waals surface area contributed by atoms with Crippen LogP contribution in [0.1, 0.15) is 103 Å². The van der Waals surface area contributed by atoms with Crippen molar-refractivity contribution in [1.29, 1.82) is 0 Å². The van der Waals surface area contributed by atoms with Crippen LogP contribution in [0.15, 0.2) is 0 Å². The second kappa shape index (κ2) is 48.6. The quantitative estimate of drug-likeness (QED) is 0.0711. The summed E-state index contributed by atoms with van der Waals surface area (Å²) < 4.78 is 0. The molecule has 0 spiro atoms. The summed E-state index contributed by atoms with van der Waals surface area (Å²) in [4.78, 5) is 254. The van der Waals surface area contributed by atoms with Crippen LogP contribution in [0.3, 0.4) is 0 Å². The number of hydrazine groups is 2. The van der Waals surface area contributed by atoms with Crippen LogP contribution < -0.4 is 0 Å². The van der Waals surface area contributed by atoms with E-state index in [1.54, 1.807) is 37.7 Å². The smallest absolute Gasteiger partial charge is 0.242 e. The largest absolute Gasteiger partial charge is 0.542 e. The van der Waals surface area contributed by atoms with Gasteiger partial charge in [0.1, 0.15) is 0 Å². The molecule has 6 aliphatic heterocycles. The van der Waals surface area contributed by atoms with Gasteiger partial charge in [0.05, 0.1) is 34.1 Å². The molecule has 94 heavy (non-hydrogen) atoms. The summed E-state index contributed by atoms with van der Waals surface area (Å²) in [7, 11) is 0. The minimum Gasteiger partial charge on any atom is -0.542 e. The number of fused-ring (bicyclic) bond motifs is 8. The fraction of sp³-hybridized carbons (Fsp3) is 0.630.